The lowest BCUT2D eigenvalue weighted by molar-refractivity contribution is -0.145. The van der Waals surface area contributed by atoms with Crippen LogP contribution in [0.25, 0.3) is 11.3 Å². The van der Waals surface area contributed by atoms with E-state index in [1.54, 1.807) is 18.2 Å². The molecule has 1 aliphatic rings. The molecular weight excluding hydrogens is 345 g/mol. The number of nitrogens with zero attached hydrogens (tertiary/aromatic N) is 2. The molecule has 2 aromatic rings. The van der Waals surface area contributed by atoms with Crippen molar-refractivity contribution in [3.8, 4) is 11.3 Å². The molecule has 1 aromatic heterocycles. The van der Waals surface area contributed by atoms with Crippen molar-refractivity contribution in [1.82, 2.24) is 15.4 Å². The van der Waals surface area contributed by atoms with Gasteiger partial charge in [-0.2, -0.15) is 0 Å². The summed E-state index contributed by atoms with van der Waals surface area (Å²) in [5.41, 5.74) is 1.07. The number of esters is 1. The number of aromatic nitrogens is 1. The van der Waals surface area contributed by atoms with Gasteiger partial charge in [0, 0.05) is 31.1 Å². The highest BCUT2D eigenvalue weighted by Crippen LogP contribution is 2.21. The number of urea groups is 1. The Morgan fingerprint density at radius 3 is 2.81 bits per heavy atom. The van der Waals surface area contributed by atoms with Gasteiger partial charge in [-0.3, -0.25) is 14.9 Å². The van der Waals surface area contributed by atoms with Gasteiger partial charge in [0.1, 0.15) is 18.1 Å². The van der Waals surface area contributed by atoms with Crippen molar-refractivity contribution in [2.45, 2.75) is 19.4 Å². The number of rotatable bonds is 6. The Balaban J connectivity index is 1.45. The fraction of sp³-hybridized carbons (Fsp3) is 0.294. The van der Waals surface area contributed by atoms with E-state index in [9.17, 15) is 18.8 Å². The van der Waals surface area contributed by atoms with Crippen molar-refractivity contribution < 1.29 is 28.0 Å². The van der Waals surface area contributed by atoms with Crippen molar-refractivity contribution in [2.75, 3.05) is 13.1 Å². The average Bonchev–Trinajstić information content (AvgIpc) is 3.09. The first kappa shape index (κ1) is 17.6. The van der Waals surface area contributed by atoms with Gasteiger partial charge < -0.3 is 14.2 Å². The van der Waals surface area contributed by atoms with Crippen LogP contribution in [-0.2, 0) is 20.9 Å². The molecule has 26 heavy (non-hydrogen) atoms. The summed E-state index contributed by atoms with van der Waals surface area (Å²) < 4.78 is 23.2. The monoisotopic (exact) mass is 361 g/mol. The number of carbonyl (C=O) groups is 3. The van der Waals surface area contributed by atoms with E-state index in [2.05, 4.69) is 10.5 Å². The number of hydrogen-bond donors (Lipinski definition) is 1. The second-order valence-electron chi connectivity index (χ2n) is 5.69. The number of carbonyl (C=O) groups excluding carboxylic acids is 3. The molecule has 0 radical (unpaired) electrons. The van der Waals surface area contributed by atoms with E-state index in [4.69, 9.17) is 9.26 Å². The molecule has 1 saturated heterocycles. The van der Waals surface area contributed by atoms with Crippen LogP contribution in [0, 0.1) is 5.82 Å². The Hall–Kier alpha value is -3.23. The van der Waals surface area contributed by atoms with Gasteiger partial charge in [0.05, 0.1) is 6.42 Å². The van der Waals surface area contributed by atoms with Gasteiger partial charge in [0.25, 0.3) is 0 Å². The molecule has 3 amide bonds. The summed E-state index contributed by atoms with van der Waals surface area (Å²) in [7, 11) is 0. The molecule has 0 aliphatic carbocycles. The molecular formula is C17H16FN3O5. The molecule has 0 spiro atoms. The molecule has 8 nitrogen and oxygen atoms in total. The van der Waals surface area contributed by atoms with Crippen molar-refractivity contribution in [2.24, 2.45) is 0 Å². The van der Waals surface area contributed by atoms with E-state index in [-0.39, 0.29) is 44.3 Å². The Labute approximate surface area is 147 Å². The molecule has 0 atom stereocenters. The molecule has 0 saturated carbocycles. The maximum absolute atomic E-state index is 12.9. The fourth-order valence-corrected chi connectivity index (χ4v) is 2.40. The SMILES string of the molecule is O=C1CCN(CCC(=O)OCc2cc(-c3ccc(F)cc3)on2)C(=O)N1. The van der Waals surface area contributed by atoms with Crippen LogP contribution < -0.4 is 5.32 Å². The first-order valence-corrected chi connectivity index (χ1v) is 7.97. The maximum Gasteiger partial charge on any atom is 0.324 e. The van der Waals surface area contributed by atoms with Crippen LogP contribution in [-0.4, -0.2) is 41.1 Å². The molecule has 2 heterocycles. The molecule has 0 unspecified atom stereocenters. The number of amides is 3. The minimum Gasteiger partial charge on any atom is -0.459 e. The summed E-state index contributed by atoms with van der Waals surface area (Å²) in [6, 6.07) is 6.82. The van der Waals surface area contributed by atoms with E-state index in [0.717, 1.165) is 0 Å². The summed E-state index contributed by atoms with van der Waals surface area (Å²) in [5, 5.41) is 5.98. The van der Waals surface area contributed by atoms with Gasteiger partial charge in [-0.1, -0.05) is 5.16 Å². The summed E-state index contributed by atoms with van der Waals surface area (Å²) in [5.74, 6) is -0.738. The highest BCUT2D eigenvalue weighted by molar-refractivity contribution is 5.96. The molecule has 3 rings (SSSR count). The van der Waals surface area contributed by atoms with Gasteiger partial charge in [-0.25, -0.2) is 9.18 Å². The third-order valence-electron chi connectivity index (χ3n) is 3.80. The Bertz CT molecular complexity index is 818. The normalized spacial score (nSPS) is 14.3. The van der Waals surface area contributed by atoms with E-state index in [1.807, 2.05) is 0 Å². The predicted octanol–water partition coefficient (Wildman–Crippen LogP) is 1.86. The zero-order valence-electron chi connectivity index (χ0n) is 13.7. The summed E-state index contributed by atoms with van der Waals surface area (Å²) in [6.07, 6.45) is 0.218. The number of hydrogen-bond acceptors (Lipinski definition) is 6. The zero-order chi connectivity index (χ0) is 18.5. The van der Waals surface area contributed by atoms with Crippen molar-refractivity contribution in [1.29, 1.82) is 0 Å². The topological polar surface area (TPSA) is 102 Å². The van der Waals surface area contributed by atoms with Gasteiger partial charge in [0.2, 0.25) is 5.91 Å². The van der Waals surface area contributed by atoms with Crippen LogP contribution in [0.3, 0.4) is 0 Å². The summed E-state index contributed by atoms with van der Waals surface area (Å²) in [6.45, 7) is 0.369. The fourth-order valence-electron chi connectivity index (χ4n) is 2.40. The van der Waals surface area contributed by atoms with E-state index in [0.29, 0.717) is 17.0 Å². The quantitative estimate of drug-likeness (QED) is 0.788. The van der Waals surface area contributed by atoms with Crippen molar-refractivity contribution >= 4 is 17.9 Å². The molecule has 0 bridgehead atoms. The predicted molar refractivity (Wildman–Crippen MR) is 86.0 cm³/mol. The van der Waals surface area contributed by atoms with E-state index in [1.165, 1.54) is 17.0 Å². The first-order valence-electron chi connectivity index (χ1n) is 7.97. The van der Waals surface area contributed by atoms with Crippen LogP contribution >= 0.6 is 0 Å². The third kappa shape index (κ3) is 4.44. The number of imide groups is 1. The number of halogens is 1. The summed E-state index contributed by atoms with van der Waals surface area (Å²) >= 11 is 0. The molecule has 136 valence electrons. The molecule has 1 aromatic carbocycles. The lowest BCUT2D eigenvalue weighted by Gasteiger charge is -2.25. The largest absolute Gasteiger partial charge is 0.459 e. The number of ether oxygens (including phenoxy) is 1. The van der Waals surface area contributed by atoms with Crippen LogP contribution in [0.5, 0.6) is 0 Å². The van der Waals surface area contributed by atoms with Gasteiger partial charge >= 0.3 is 12.0 Å². The van der Waals surface area contributed by atoms with Crippen molar-refractivity contribution in [3.05, 3.63) is 41.8 Å². The smallest absolute Gasteiger partial charge is 0.324 e. The second-order valence-corrected chi connectivity index (χ2v) is 5.69. The lowest BCUT2D eigenvalue weighted by Crippen LogP contribution is -2.49. The molecule has 1 aliphatic heterocycles. The number of benzene rings is 1. The van der Waals surface area contributed by atoms with E-state index >= 15 is 0 Å². The minimum absolute atomic E-state index is 0.00425. The molecule has 9 heteroatoms. The second kappa shape index (κ2) is 7.77. The maximum atomic E-state index is 12.9. The first-order chi connectivity index (χ1) is 12.5. The Kier molecular flexibility index (Phi) is 5.26. The van der Waals surface area contributed by atoms with Crippen LogP contribution in [0.4, 0.5) is 9.18 Å². The van der Waals surface area contributed by atoms with E-state index < -0.39 is 12.0 Å². The highest BCUT2D eigenvalue weighted by atomic mass is 19.1. The van der Waals surface area contributed by atoms with Gasteiger partial charge in [-0.05, 0) is 24.3 Å². The average molecular weight is 361 g/mol. The Morgan fingerprint density at radius 2 is 2.08 bits per heavy atom. The Morgan fingerprint density at radius 1 is 1.31 bits per heavy atom. The standard InChI is InChI=1S/C17H16FN3O5/c18-12-3-1-11(2-4-12)14-9-13(20-26-14)10-25-16(23)6-8-21-7-5-15(22)19-17(21)24/h1-4,9H,5-8,10H2,(H,19,22,24). The van der Waals surface area contributed by atoms with Gasteiger partial charge in [-0.15, -0.1) is 0 Å². The number of nitrogens with one attached hydrogen (secondary N) is 1. The van der Waals surface area contributed by atoms with Crippen molar-refractivity contribution in [3.63, 3.8) is 0 Å². The summed E-state index contributed by atoms with van der Waals surface area (Å²) in [4.78, 5) is 35.8. The highest BCUT2D eigenvalue weighted by Gasteiger charge is 2.23. The van der Waals surface area contributed by atoms with Crippen LogP contribution in [0.15, 0.2) is 34.9 Å². The molecule has 1 fully saturated rings. The third-order valence-corrected chi connectivity index (χ3v) is 3.80. The van der Waals surface area contributed by atoms with Crippen LogP contribution in [0.2, 0.25) is 0 Å². The zero-order valence-corrected chi connectivity index (χ0v) is 13.7. The molecule has 1 N–H and O–H groups in total. The lowest BCUT2D eigenvalue weighted by atomic mass is 10.1. The van der Waals surface area contributed by atoms with Gasteiger partial charge in [0.15, 0.2) is 5.76 Å². The minimum atomic E-state index is -0.505. The van der Waals surface area contributed by atoms with Crippen LogP contribution in [0.1, 0.15) is 18.5 Å².